The lowest BCUT2D eigenvalue weighted by Gasteiger charge is -2.33. The fourth-order valence-corrected chi connectivity index (χ4v) is 4.02. The summed E-state index contributed by atoms with van der Waals surface area (Å²) in [6, 6.07) is 7.78. The van der Waals surface area contributed by atoms with Gasteiger partial charge in [-0.3, -0.25) is 4.79 Å². The van der Waals surface area contributed by atoms with E-state index in [-0.39, 0.29) is 24.5 Å². The van der Waals surface area contributed by atoms with Crippen molar-refractivity contribution in [2.24, 2.45) is 0 Å². The number of carbonyl (C=O) groups is 2. The van der Waals surface area contributed by atoms with Crippen LogP contribution in [0.15, 0.2) is 24.3 Å². The van der Waals surface area contributed by atoms with Crippen molar-refractivity contribution < 1.29 is 9.59 Å². The Labute approximate surface area is 166 Å². The largest absolute Gasteiger partial charge is 0.375 e. The predicted octanol–water partition coefficient (Wildman–Crippen LogP) is 3.37. The fraction of sp³-hybridized carbons (Fsp3) is 0.600. The van der Waals surface area contributed by atoms with Gasteiger partial charge in [-0.25, -0.2) is 4.79 Å². The highest BCUT2D eigenvalue weighted by Crippen LogP contribution is 2.20. The molecule has 1 heterocycles. The molecule has 1 aliphatic carbocycles. The Balaban J connectivity index is 1.36. The number of halogens is 1. The first kappa shape index (κ1) is 19.8. The first-order valence-corrected chi connectivity index (χ1v) is 10.3. The molecular weight excluding hydrogens is 364 g/mol. The minimum absolute atomic E-state index is 0.0556. The van der Waals surface area contributed by atoms with Crippen LogP contribution in [-0.2, 0) is 4.79 Å². The van der Waals surface area contributed by atoms with E-state index in [0.717, 1.165) is 31.4 Å². The van der Waals surface area contributed by atoms with E-state index in [1.54, 1.807) is 6.07 Å². The molecule has 1 aromatic rings. The van der Waals surface area contributed by atoms with Crippen LogP contribution in [0.3, 0.4) is 0 Å². The van der Waals surface area contributed by atoms with E-state index in [2.05, 4.69) is 16.0 Å². The van der Waals surface area contributed by atoms with Crippen LogP contribution in [-0.4, -0.2) is 48.6 Å². The molecule has 1 saturated heterocycles. The first-order valence-electron chi connectivity index (χ1n) is 9.95. The molecule has 3 rings (SSSR count). The number of benzene rings is 1. The summed E-state index contributed by atoms with van der Waals surface area (Å²) in [6.07, 6.45) is 7.42. The van der Waals surface area contributed by atoms with E-state index in [1.165, 1.54) is 19.3 Å². The monoisotopic (exact) mass is 392 g/mol. The maximum Gasteiger partial charge on any atom is 0.315 e. The van der Waals surface area contributed by atoms with Crippen LogP contribution in [0.2, 0.25) is 5.02 Å². The highest BCUT2D eigenvalue weighted by molar-refractivity contribution is 6.33. The summed E-state index contributed by atoms with van der Waals surface area (Å²) in [5.41, 5.74) is 0.767. The minimum atomic E-state index is -0.0629. The molecule has 0 radical (unpaired) electrons. The zero-order valence-corrected chi connectivity index (χ0v) is 16.4. The lowest BCUT2D eigenvalue weighted by molar-refractivity contribution is -0.130. The van der Waals surface area contributed by atoms with Gasteiger partial charge in [0.15, 0.2) is 0 Å². The van der Waals surface area contributed by atoms with Crippen molar-refractivity contribution in [2.45, 2.75) is 57.0 Å². The van der Waals surface area contributed by atoms with Gasteiger partial charge in [-0.2, -0.15) is 0 Å². The van der Waals surface area contributed by atoms with Crippen molar-refractivity contribution in [1.82, 2.24) is 15.5 Å². The number of urea groups is 1. The van der Waals surface area contributed by atoms with Crippen molar-refractivity contribution in [2.75, 3.05) is 25.0 Å². The number of amides is 3. The number of nitrogens with one attached hydrogen (secondary N) is 3. The van der Waals surface area contributed by atoms with Gasteiger partial charge in [0.2, 0.25) is 5.91 Å². The van der Waals surface area contributed by atoms with Crippen LogP contribution in [0.4, 0.5) is 10.5 Å². The maximum absolute atomic E-state index is 12.4. The zero-order chi connectivity index (χ0) is 19.1. The molecule has 148 valence electrons. The molecule has 0 unspecified atom stereocenters. The molecule has 7 heteroatoms. The standard InChI is InChI=1S/C20H29ClN4O2/c21-17-8-4-5-9-18(17)22-14-19(26)25-12-10-16(11-13-25)24-20(27)23-15-6-2-1-3-7-15/h4-5,8-9,15-16,22H,1-3,6-7,10-14H2,(H2,23,24,27). The molecule has 6 nitrogen and oxygen atoms in total. The average molecular weight is 393 g/mol. The first-order chi connectivity index (χ1) is 13.1. The van der Waals surface area contributed by atoms with E-state index >= 15 is 0 Å². The SMILES string of the molecule is O=C(NC1CCCCC1)NC1CCN(C(=O)CNc2ccccc2Cl)CC1. The van der Waals surface area contributed by atoms with Gasteiger partial charge < -0.3 is 20.9 Å². The highest BCUT2D eigenvalue weighted by atomic mass is 35.5. The number of piperidine rings is 1. The van der Waals surface area contributed by atoms with Crippen molar-refractivity contribution in [3.63, 3.8) is 0 Å². The number of hydrogen-bond donors (Lipinski definition) is 3. The molecule has 1 aliphatic heterocycles. The van der Waals surface area contributed by atoms with E-state index in [4.69, 9.17) is 11.6 Å². The Hall–Kier alpha value is -1.95. The molecule has 27 heavy (non-hydrogen) atoms. The van der Waals surface area contributed by atoms with Gasteiger partial charge in [0, 0.05) is 25.2 Å². The van der Waals surface area contributed by atoms with Crippen LogP contribution in [0.1, 0.15) is 44.9 Å². The van der Waals surface area contributed by atoms with Gasteiger partial charge in [0.05, 0.1) is 17.3 Å². The quantitative estimate of drug-likeness (QED) is 0.719. The predicted molar refractivity (Wildman–Crippen MR) is 108 cm³/mol. The van der Waals surface area contributed by atoms with Crippen molar-refractivity contribution in [3.05, 3.63) is 29.3 Å². The summed E-state index contributed by atoms with van der Waals surface area (Å²) in [4.78, 5) is 26.4. The third-order valence-electron chi connectivity index (χ3n) is 5.43. The molecule has 3 amide bonds. The van der Waals surface area contributed by atoms with Gasteiger partial charge in [-0.15, -0.1) is 0 Å². The van der Waals surface area contributed by atoms with Gasteiger partial charge in [0.25, 0.3) is 0 Å². The number of rotatable bonds is 5. The lowest BCUT2D eigenvalue weighted by atomic mass is 9.96. The summed E-state index contributed by atoms with van der Waals surface area (Å²) in [6.45, 7) is 1.55. The van der Waals surface area contributed by atoms with E-state index in [1.807, 2.05) is 23.1 Å². The summed E-state index contributed by atoms with van der Waals surface area (Å²) in [5.74, 6) is 0.0556. The van der Waals surface area contributed by atoms with Gasteiger partial charge in [0.1, 0.15) is 0 Å². The van der Waals surface area contributed by atoms with Crippen LogP contribution in [0, 0.1) is 0 Å². The number of anilines is 1. The summed E-state index contributed by atoms with van der Waals surface area (Å²) in [5, 5.41) is 9.87. The third kappa shape index (κ3) is 6.03. The fourth-order valence-electron chi connectivity index (χ4n) is 3.82. The molecule has 0 spiro atoms. The molecule has 0 aromatic heterocycles. The molecule has 1 saturated carbocycles. The highest BCUT2D eigenvalue weighted by Gasteiger charge is 2.24. The number of nitrogens with zero attached hydrogens (tertiary/aromatic N) is 1. The van der Waals surface area contributed by atoms with Gasteiger partial charge >= 0.3 is 6.03 Å². The Kier molecular flexibility index (Phi) is 7.21. The molecular formula is C20H29ClN4O2. The normalized spacial score (nSPS) is 18.8. The Bertz CT molecular complexity index is 641. The van der Waals surface area contributed by atoms with E-state index in [0.29, 0.717) is 24.2 Å². The second-order valence-corrected chi connectivity index (χ2v) is 7.85. The third-order valence-corrected chi connectivity index (χ3v) is 5.76. The molecule has 0 bridgehead atoms. The minimum Gasteiger partial charge on any atom is -0.375 e. The molecule has 1 aromatic carbocycles. The number of likely N-dealkylation sites (tertiary alicyclic amines) is 1. The summed E-state index contributed by atoms with van der Waals surface area (Å²) in [7, 11) is 0. The van der Waals surface area contributed by atoms with Crippen LogP contribution in [0.5, 0.6) is 0 Å². The van der Waals surface area contributed by atoms with E-state index < -0.39 is 0 Å². The lowest BCUT2D eigenvalue weighted by Crippen LogP contribution is -2.51. The van der Waals surface area contributed by atoms with Crippen molar-refractivity contribution in [3.8, 4) is 0 Å². The van der Waals surface area contributed by atoms with E-state index in [9.17, 15) is 9.59 Å². The average Bonchev–Trinajstić information content (AvgIpc) is 2.68. The second kappa shape index (κ2) is 9.83. The van der Waals surface area contributed by atoms with Crippen LogP contribution < -0.4 is 16.0 Å². The zero-order valence-electron chi connectivity index (χ0n) is 15.7. The summed E-state index contributed by atoms with van der Waals surface area (Å²) >= 11 is 6.10. The van der Waals surface area contributed by atoms with Crippen LogP contribution in [0.25, 0.3) is 0 Å². The number of hydrogen-bond acceptors (Lipinski definition) is 3. The molecule has 0 atom stereocenters. The Morgan fingerprint density at radius 2 is 1.59 bits per heavy atom. The van der Waals surface area contributed by atoms with Crippen LogP contribution >= 0.6 is 11.6 Å². The van der Waals surface area contributed by atoms with Crippen molar-refractivity contribution >= 4 is 29.2 Å². The maximum atomic E-state index is 12.4. The van der Waals surface area contributed by atoms with Gasteiger partial charge in [-0.1, -0.05) is 43.0 Å². The van der Waals surface area contributed by atoms with Gasteiger partial charge in [-0.05, 0) is 37.8 Å². The molecule has 2 aliphatic rings. The Morgan fingerprint density at radius 1 is 0.963 bits per heavy atom. The summed E-state index contributed by atoms with van der Waals surface area (Å²) < 4.78 is 0. The van der Waals surface area contributed by atoms with Crippen molar-refractivity contribution in [1.29, 1.82) is 0 Å². The second-order valence-electron chi connectivity index (χ2n) is 7.44. The molecule has 2 fully saturated rings. The smallest absolute Gasteiger partial charge is 0.315 e. The molecule has 3 N–H and O–H groups in total. The Morgan fingerprint density at radius 3 is 2.26 bits per heavy atom. The number of carbonyl (C=O) groups excluding carboxylic acids is 2. The topological polar surface area (TPSA) is 73.5 Å². The number of para-hydroxylation sites is 1.